The van der Waals surface area contributed by atoms with E-state index in [9.17, 15) is 31.8 Å². The SMILES string of the molecule is N#Cc1cc(F)cc(Oc2ccc(S(N)(=O)=O)c3c2[C@@H](O)C(F)(F)[C@H]3O)c1. The van der Waals surface area contributed by atoms with Crippen LogP contribution in [-0.4, -0.2) is 24.6 Å². The third-order valence-electron chi connectivity index (χ3n) is 4.02. The number of ether oxygens (including phenoxy) is 1. The van der Waals surface area contributed by atoms with Crippen LogP contribution in [0.25, 0.3) is 0 Å². The Morgan fingerprint density at radius 2 is 1.78 bits per heavy atom. The first kappa shape index (κ1) is 19.1. The average molecular weight is 400 g/mol. The first-order valence-corrected chi connectivity index (χ1v) is 8.83. The van der Waals surface area contributed by atoms with Gasteiger partial charge in [-0.05, 0) is 24.3 Å². The Labute approximate surface area is 151 Å². The highest BCUT2D eigenvalue weighted by Gasteiger charge is 2.57. The molecule has 0 radical (unpaired) electrons. The highest BCUT2D eigenvalue weighted by Crippen LogP contribution is 2.55. The molecule has 11 heteroatoms. The van der Waals surface area contributed by atoms with Gasteiger partial charge in [0.2, 0.25) is 10.0 Å². The standard InChI is InChI=1S/C16H11F3N2O5S/c17-8-3-7(6-20)4-9(5-8)26-10-1-2-11(27(21,24)25)13-12(10)14(22)16(18,19)15(13)23/h1-5,14-15,22-23H,(H2,21,24,25)/t14-,15+/m1/s1. The molecule has 0 aliphatic heterocycles. The van der Waals surface area contributed by atoms with Gasteiger partial charge in [-0.1, -0.05) is 0 Å². The van der Waals surface area contributed by atoms with E-state index in [1.165, 1.54) is 0 Å². The summed E-state index contributed by atoms with van der Waals surface area (Å²) in [6.45, 7) is 0. The van der Waals surface area contributed by atoms with Gasteiger partial charge in [-0.15, -0.1) is 0 Å². The molecular weight excluding hydrogens is 389 g/mol. The minimum Gasteiger partial charge on any atom is -0.457 e. The molecule has 3 rings (SSSR count). The van der Waals surface area contributed by atoms with Crippen molar-refractivity contribution in [3.63, 3.8) is 0 Å². The zero-order chi connectivity index (χ0) is 20.1. The summed E-state index contributed by atoms with van der Waals surface area (Å²) in [5.74, 6) is -5.65. The molecule has 0 saturated carbocycles. The van der Waals surface area contributed by atoms with Crippen LogP contribution in [0.4, 0.5) is 13.2 Å². The van der Waals surface area contributed by atoms with E-state index in [4.69, 9.17) is 15.1 Å². The van der Waals surface area contributed by atoms with Crippen molar-refractivity contribution in [2.75, 3.05) is 0 Å². The maximum atomic E-state index is 14.1. The molecule has 0 saturated heterocycles. The van der Waals surface area contributed by atoms with Crippen LogP contribution in [0, 0.1) is 17.1 Å². The number of primary sulfonamides is 1. The molecule has 0 fully saturated rings. The lowest BCUT2D eigenvalue weighted by molar-refractivity contribution is -0.166. The van der Waals surface area contributed by atoms with Crippen LogP contribution in [0.15, 0.2) is 35.2 Å². The van der Waals surface area contributed by atoms with E-state index in [2.05, 4.69) is 0 Å². The highest BCUT2D eigenvalue weighted by atomic mass is 32.2. The van der Waals surface area contributed by atoms with Crippen LogP contribution in [0.5, 0.6) is 11.5 Å². The van der Waals surface area contributed by atoms with Crippen LogP contribution < -0.4 is 9.88 Å². The third-order valence-corrected chi connectivity index (χ3v) is 4.99. The number of rotatable bonds is 3. The Kier molecular flexibility index (Phi) is 4.40. The summed E-state index contributed by atoms with van der Waals surface area (Å²) < 4.78 is 70.4. The first-order valence-electron chi connectivity index (χ1n) is 7.29. The molecule has 142 valence electrons. The van der Waals surface area contributed by atoms with E-state index in [0.29, 0.717) is 0 Å². The van der Waals surface area contributed by atoms with Gasteiger partial charge in [0, 0.05) is 17.2 Å². The molecule has 27 heavy (non-hydrogen) atoms. The molecule has 0 unspecified atom stereocenters. The summed E-state index contributed by atoms with van der Waals surface area (Å²) in [7, 11) is -4.50. The quantitative estimate of drug-likeness (QED) is 0.720. The van der Waals surface area contributed by atoms with Crippen LogP contribution in [0.3, 0.4) is 0 Å². The fourth-order valence-corrected chi connectivity index (χ4v) is 3.63. The van der Waals surface area contributed by atoms with Crippen molar-refractivity contribution in [2.24, 2.45) is 5.14 Å². The maximum absolute atomic E-state index is 14.1. The van der Waals surface area contributed by atoms with Crippen molar-refractivity contribution < 1.29 is 36.5 Å². The van der Waals surface area contributed by atoms with Gasteiger partial charge < -0.3 is 14.9 Å². The normalized spacial score (nSPS) is 20.8. The molecule has 0 amide bonds. The van der Waals surface area contributed by atoms with Crippen molar-refractivity contribution in [3.05, 3.63) is 52.8 Å². The number of halogens is 3. The third kappa shape index (κ3) is 3.13. The van der Waals surface area contributed by atoms with E-state index in [-0.39, 0.29) is 11.3 Å². The summed E-state index contributed by atoms with van der Waals surface area (Å²) in [6, 6.07) is 6.32. The Hall–Kier alpha value is -2.65. The number of hydrogen-bond donors (Lipinski definition) is 3. The molecule has 2 atom stereocenters. The number of hydrogen-bond acceptors (Lipinski definition) is 6. The monoisotopic (exact) mass is 400 g/mol. The van der Waals surface area contributed by atoms with Crippen molar-refractivity contribution in [3.8, 4) is 17.6 Å². The van der Waals surface area contributed by atoms with Crippen LogP contribution in [0.2, 0.25) is 0 Å². The number of benzene rings is 2. The smallest absolute Gasteiger partial charge is 0.307 e. The zero-order valence-corrected chi connectivity index (χ0v) is 14.0. The van der Waals surface area contributed by atoms with E-state index >= 15 is 0 Å². The molecule has 0 aromatic heterocycles. The lowest BCUT2D eigenvalue weighted by Crippen LogP contribution is -2.27. The summed E-state index contributed by atoms with van der Waals surface area (Å²) in [6.07, 6.45) is -5.25. The first-order chi connectivity index (χ1) is 12.5. The number of aliphatic hydroxyl groups excluding tert-OH is 2. The summed E-state index contributed by atoms with van der Waals surface area (Å²) in [5, 5.41) is 33.6. The second-order valence-corrected chi connectivity index (χ2v) is 7.33. The average Bonchev–Trinajstić information content (AvgIpc) is 2.75. The Balaban J connectivity index is 2.21. The predicted molar refractivity (Wildman–Crippen MR) is 83.9 cm³/mol. The topological polar surface area (TPSA) is 134 Å². The van der Waals surface area contributed by atoms with Crippen LogP contribution >= 0.6 is 0 Å². The fourth-order valence-electron chi connectivity index (χ4n) is 2.85. The van der Waals surface area contributed by atoms with E-state index in [1.54, 1.807) is 6.07 Å². The van der Waals surface area contributed by atoms with Crippen molar-refractivity contribution >= 4 is 10.0 Å². The largest absolute Gasteiger partial charge is 0.457 e. The molecule has 1 aliphatic carbocycles. The second kappa shape index (κ2) is 6.21. The molecule has 4 N–H and O–H groups in total. The number of nitriles is 1. The van der Waals surface area contributed by atoms with Gasteiger partial charge in [-0.2, -0.15) is 5.26 Å². The van der Waals surface area contributed by atoms with E-state index in [0.717, 1.165) is 30.3 Å². The van der Waals surface area contributed by atoms with Gasteiger partial charge in [-0.25, -0.2) is 26.7 Å². The Morgan fingerprint density at radius 1 is 1.15 bits per heavy atom. The van der Waals surface area contributed by atoms with Gasteiger partial charge in [0.05, 0.1) is 16.5 Å². The van der Waals surface area contributed by atoms with Gasteiger partial charge in [0.1, 0.15) is 29.5 Å². The van der Waals surface area contributed by atoms with Crippen LogP contribution in [0.1, 0.15) is 28.9 Å². The summed E-state index contributed by atoms with van der Waals surface area (Å²) >= 11 is 0. The van der Waals surface area contributed by atoms with Crippen molar-refractivity contribution in [1.29, 1.82) is 5.26 Å². The van der Waals surface area contributed by atoms with Crippen molar-refractivity contribution in [2.45, 2.75) is 23.0 Å². The predicted octanol–water partition coefficient (Wildman–Crippen LogP) is 1.85. The Morgan fingerprint density at radius 3 is 2.37 bits per heavy atom. The minimum atomic E-state index is -4.50. The van der Waals surface area contributed by atoms with E-state index < -0.39 is 55.7 Å². The summed E-state index contributed by atoms with van der Waals surface area (Å²) in [4.78, 5) is -0.800. The molecule has 2 aromatic carbocycles. The number of sulfonamides is 1. The van der Waals surface area contributed by atoms with E-state index in [1.807, 2.05) is 0 Å². The zero-order valence-electron chi connectivity index (χ0n) is 13.2. The minimum absolute atomic E-state index is 0.117. The highest BCUT2D eigenvalue weighted by molar-refractivity contribution is 7.89. The molecule has 1 aliphatic rings. The fraction of sp³-hybridized carbons (Fsp3) is 0.188. The van der Waals surface area contributed by atoms with Gasteiger partial charge >= 0.3 is 5.92 Å². The van der Waals surface area contributed by atoms with Gasteiger partial charge in [0.25, 0.3) is 0 Å². The lowest BCUT2D eigenvalue weighted by Gasteiger charge is -2.18. The molecular formula is C16H11F3N2O5S. The molecule has 7 nitrogen and oxygen atoms in total. The maximum Gasteiger partial charge on any atom is 0.307 e. The molecule has 0 heterocycles. The number of nitrogens with two attached hydrogens (primary N) is 1. The van der Waals surface area contributed by atoms with Gasteiger partial charge in [0.15, 0.2) is 0 Å². The number of fused-ring (bicyclic) bond motifs is 1. The van der Waals surface area contributed by atoms with Gasteiger partial charge in [-0.3, -0.25) is 0 Å². The van der Waals surface area contributed by atoms with Crippen LogP contribution in [-0.2, 0) is 10.0 Å². The second-order valence-electron chi connectivity index (χ2n) is 5.80. The van der Waals surface area contributed by atoms with Crippen molar-refractivity contribution in [1.82, 2.24) is 0 Å². The summed E-state index contributed by atoms with van der Waals surface area (Å²) in [5.41, 5.74) is -1.61. The number of aliphatic hydroxyl groups is 2. The number of alkyl halides is 2. The molecule has 0 spiro atoms. The molecule has 0 bridgehead atoms. The Bertz CT molecular complexity index is 1080. The lowest BCUT2D eigenvalue weighted by atomic mass is 10.1. The number of nitrogens with zero attached hydrogens (tertiary/aromatic N) is 1. The molecule has 2 aromatic rings.